The summed E-state index contributed by atoms with van der Waals surface area (Å²) >= 11 is 1.71. The van der Waals surface area contributed by atoms with E-state index < -0.39 is 0 Å². The minimum atomic E-state index is 0.247. The monoisotopic (exact) mass is 252 g/mol. The summed E-state index contributed by atoms with van der Waals surface area (Å²) in [5.74, 6) is 1.27. The second-order valence-corrected chi connectivity index (χ2v) is 6.07. The van der Waals surface area contributed by atoms with E-state index in [2.05, 4.69) is 15.5 Å². The lowest BCUT2D eigenvalue weighted by Gasteiger charge is -2.12. The number of nitrogens with zero attached hydrogens (tertiary/aromatic N) is 4. The summed E-state index contributed by atoms with van der Waals surface area (Å²) in [4.78, 5) is 0. The van der Waals surface area contributed by atoms with Crippen LogP contribution in [0.25, 0.3) is 0 Å². The summed E-state index contributed by atoms with van der Waals surface area (Å²) < 4.78 is 1.94. The first-order chi connectivity index (χ1) is 8.19. The Morgan fingerprint density at radius 2 is 2.29 bits per heavy atom. The maximum atomic E-state index is 7.39. The van der Waals surface area contributed by atoms with Gasteiger partial charge in [0.2, 0.25) is 5.16 Å². The minimum Gasteiger partial charge on any atom is -0.388 e. The first-order valence-corrected chi connectivity index (χ1v) is 6.91. The van der Waals surface area contributed by atoms with E-state index in [1.54, 1.807) is 11.8 Å². The molecule has 7 heteroatoms. The Labute approximate surface area is 104 Å². The molecule has 1 aromatic heterocycles. The minimum absolute atomic E-state index is 0.247. The molecule has 2 aliphatic carbocycles. The van der Waals surface area contributed by atoms with E-state index in [4.69, 9.17) is 11.1 Å². The van der Waals surface area contributed by atoms with E-state index in [1.807, 2.05) is 4.68 Å². The number of thioether (sulfide) groups is 1. The van der Waals surface area contributed by atoms with Crippen molar-refractivity contribution in [2.24, 2.45) is 11.1 Å². The molecule has 92 valence electrons. The average molecular weight is 252 g/mol. The summed E-state index contributed by atoms with van der Waals surface area (Å²) in [5.41, 5.74) is 5.73. The van der Waals surface area contributed by atoms with Crippen LogP contribution in [-0.2, 0) is 0 Å². The number of hydrogen-bond donors (Lipinski definition) is 2. The van der Waals surface area contributed by atoms with E-state index in [0.717, 1.165) is 10.9 Å². The van der Waals surface area contributed by atoms with E-state index in [0.29, 0.717) is 18.3 Å². The van der Waals surface area contributed by atoms with Crippen LogP contribution in [0.2, 0.25) is 0 Å². The van der Waals surface area contributed by atoms with E-state index >= 15 is 0 Å². The Morgan fingerprint density at radius 1 is 1.53 bits per heavy atom. The van der Waals surface area contributed by atoms with Crippen molar-refractivity contribution in [2.45, 2.75) is 43.3 Å². The molecule has 0 aliphatic heterocycles. The highest BCUT2D eigenvalue weighted by Gasteiger charge is 2.43. The van der Waals surface area contributed by atoms with Gasteiger partial charge in [-0.05, 0) is 41.5 Å². The molecule has 2 fully saturated rings. The first-order valence-electron chi connectivity index (χ1n) is 5.92. The van der Waals surface area contributed by atoms with Crippen molar-refractivity contribution in [3.05, 3.63) is 0 Å². The van der Waals surface area contributed by atoms with Crippen LogP contribution in [0, 0.1) is 10.8 Å². The quantitative estimate of drug-likeness (QED) is 0.451. The van der Waals surface area contributed by atoms with E-state index in [1.165, 1.54) is 25.7 Å². The smallest absolute Gasteiger partial charge is 0.209 e. The predicted molar refractivity (Wildman–Crippen MR) is 65.0 cm³/mol. The lowest BCUT2D eigenvalue weighted by molar-refractivity contribution is 0.561. The lowest BCUT2D eigenvalue weighted by Crippen LogP contribution is -2.18. The molecule has 0 unspecified atom stereocenters. The highest BCUT2D eigenvalue weighted by atomic mass is 32.2. The molecule has 2 saturated carbocycles. The summed E-state index contributed by atoms with van der Waals surface area (Å²) in [6.45, 7) is 0. The Kier molecular flexibility index (Phi) is 2.57. The molecule has 0 aromatic carbocycles. The van der Waals surface area contributed by atoms with Gasteiger partial charge in [-0.15, -0.1) is 5.10 Å². The van der Waals surface area contributed by atoms with Crippen molar-refractivity contribution in [1.82, 2.24) is 20.2 Å². The molecule has 3 rings (SSSR count). The van der Waals surface area contributed by atoms with E-state index in [-0.39, 0.29) is 5.41 Å². The molecule has 0 radical (unpaired) electrons. The highest BCUT2D eigenvalue weighted by molar-refractivity contribution is 7.99. The third kappa shape index (κ3) is 2.43. The number of nitrogens with one attached hydrogen (secondary N) is 1. The van der Waals surface area contributed by atoms with Crippen molar-refractivity contribution in [2.75, 3.05) is 5.75 Å². The molecule has 1 aromatic rings. The van der Waals surface area contributed by atoms with Crippen molar-refractivity contribution < 1.29 is 0 Å². The maximum absolute atomic E-state index is 7.39. The fourth-order valence-electron chi connectivity index (χ4n) is 2.00. The maximum Gasteiger partial charge on any atom is 0.209 e. The van der Waals surface area contributed by atoms with Gasteiger partial charge in [0.1, 0.15) is 0 Å². The van der Waals surface area contributed by atoms with Gasteiger partial charge in [-0.25, -0.2) is 4.68 Å². The van der Waals surface area contributed by atoms with Gasteiger partial charge in [-0.1, -0.05) is 11.8 Å². The largest absolute Gasteiger partial charge is 0.388 e. The molecule has 0 spiro atoms. The molecule has 0 bridgehead atoms. The normalized spacial score (nSPS) is 21.4. The van der Waals surface area contributed by atoms with Crippen LogP contribution < -0.4 is 5.73 Å². The number of nitrogens with two attached hydrogens (primary N) is 1. The molecule has 3 N–H and O–H groups in total. The zero-order valence-corrected chi connectivity index (χ0v) is 10.4. The second-order valence-electron chi connectivity index (χ2n) is 5.13. The third-order valence-electron chi connectivity index (χ3n) is 3.39. The molecule has 0 amide bonds. The number of tetrazole rings is 1. The molecule has 0 saturated heterocycles. The fourth-order valence-corrected chi connectivity index (χ4v) is 3.24. The van der Waals surface area contributed by atoms with E-state index in [9.17, 15) is 0 Å². The summed E-state index contributed by atoms with van der Waals surface area (Å²) in [6, 6.07) is 0.524. The van der Waals surface area contributed by atoms with Crippen molar-refractivity contribution in [1.29, 1.82) is 5.41 Å². The van der Waals surface area contributed by atoms with Gasteiger partial charge >= 0.3 is 0 Å². The Morgan fingerprint density at radius 3 is 2.88 bits per heavy atom. The van der Waals surface area contributed by atoms with Gasteiger partial charge in [0.15, 0.2) is 0 Å². The summed E-state index contributed by atoms with van der Waals surface area (Å²) in [6.07, 6.45) is 5.44. The average Bonchev–Trinajstić information content (AvgIpc) is 3.19. The van der Waals surface area contributed by atoms with Crippen LogP contribution in [0.1, 0.15) is 38.1 Å². The topological polar surface area (TPSA) is 93.5 Å². The molecular weight excluding hydrogens is 236 g/mol. The third-order valence-corrected chi connectivity index (χ3v) is 4.67. The van der Waals surface area contributed by atoms with Crippen molar-refractivity contribution in [3.8, 4) is 0 Å². The second kappa shape index (κ2) is 3.97. The molecule has 2 aliphatic rings. The highest BCUT2D eigenvalue weighted by Crippen LogP contribution is 2.52. The molecule has 0 atom stereocenters. The van der Waals surface area contributed by atoms with Gasteiger partial charge in [-0.3, -0.25) is 5.41 Å². The number of rotatable bonds is 6. The van der Waals surface area contributed by atoms with Gasteiger partial charge in [-0.2, -0.15) is 0 Å². The zero-order valence-electron chi connectivity index (χ0n) is 9.59. The van der Waals surface area contributed by atoms with Crippen molar-refractivity contribution >= 4 is 17.6 Å². The molecule has 1 heterocycles. The van der Waals surface area contributed by atoms with Gasteiger partial charge in [0, 0.05) is 12.2 Å². The Hall–Kier alpha value is -1.11. The standard InChI is InChI=1S/C10H16N6S/c11-8(12)5-10(3-4-10)6-17-9-13-14-15-16(9)7-1-2-7/h7H,1-6H2,(H3,11,12). The predicted octanol–water partition coefficient (Wildman–Crippen LogP) is 1.21. The first kappa shape index (κ1) is 11.0. The SMILES string of the molecule is N=C(N)CC1(CSc2nnnn2C2CC2)CC1. The summed E-state index contributed by atoms with van der Waals surface area (Å²) in [7, 11) is 0. The van der Waals surface area contributed by atoms with Gasteiger partial charge < -0.3 is 5.73 Å². The Bertz CT molecular complexity index is 434. The van der Waals surface area contributed by atoms with Crippen LogP contribution in [0.15, 0.2) is 5.16 Å². The molecule has 6 nitrogen and oxygen atoms in total. The lowest BCUT2D eigenvalue weighted by atomic mass is 10.1. The fraction of sp³-hybridized carbons (Fsp3) is 0.800. The molecular formula is C10H16N6S. The summed E-state index contributed by atoms with van der Waals surface area (Å²) in [5, 5.41) is 20.1. The van der Waals surface area contributed by atoms with Crippen LogP contribution in [0.3, 0.4) is 0 Å². The van der Waals surface area contributed by atoms with Crippen LogP contribution in [0.5, 0.6) is 0 Å². The van der Waals surface area contributed by atoms with Gasteiger partial charge in [0.05, 0.1) is 11.9 Å². The van der Waals surface area contributed by atoms with Crippen LogP contribution >= 0.6 is 11.8 Å². The Balaban J connectivity index is 1.60. The van der Waals surface area contributed by atoms with Crippen LogP contribution in [0.4, 0.5) is 0 Å². The number of hydrogen-bond acceptors (Lipinski definition) is 5. The van der Waals surface area contributed by atoms with Crippen molar-refractivity contribution in [3.63, 3.8) is 0 Å². The number of amidine groups is 1. The zero-order chi connectivity index (χ0) is 11.9. The van der Waals surface area contributed by atoms with Gasteiger partial charge in [0.25, 0.3) is 0 Å². The number of aromatic nitrogens is 4. The van der Waals surface area contributed by atoms with Crippen LogP contribution in [-0.4, -0.2) is 31.8 Å². The molecule has 17 heavy (non-hydrogen) atoms.